The molecule has 2 rings (SSSR count). The van der Waals surface area contributed by atoms with E-state index in [4.69, 9.17) is 16.0 Å². The van der Waals surface area contributed by atoms with Crippen molar-refractivity contribution in [1.29, 1.82) is 0 Å². The number of furan rings is 1. The highest BCUT2D eigenvalue weighted by atomic mass is 35.5. The zero-order valence-electron chi connectivity index (χ0n) is 9.47. The Morgan fingerprint density at radius 3 is 2.71 bits per heavy atom. The van der Waals surface area contributed by atoms with Crippen molar-refractivity contribution in [2.75, 3.05) is 5.32 Å². The number of hydrogen-bond acceptors (Lipinski definition) is 2. The van der Waals surface area contributed by atoms with Crippen LogP contribution in [0.5, 0.6) is 0 Å². The molecule has 1 aromatic carbocycles. The van der Waals surface area contributed by atoms with Crippen LogP contribution in [0.2, 0.25) is 5.02 Å². The smallest absolute Gasteiger partial charge is 0.164 e. The highest BCUT2D eigenvalue weighted by molar-refractivity contribution is 6.31. The monoisotopic (exact) mass is 253 g/mol. The normalized spacial score (nSPS) is 10.5. The van der Waals surface area contributed by atoms with Crippen LogP contribution in [-0.4, -0.2) is 0 Å². The minimum atomic E-state index is -0.434. The van der Waals surface area contributed by atoms with Crippen molar-refractivity contribution in [1.82, 2.24) is 0 Å². The Hall–Kier alpha value is -1.48. The van der Waals surface area contributed by atoms with Crippen LogP contribution in [0.25, 0.3) is 0 Å². The molecule has 0 aliphatic carbocycles. The molecule has 1 aromatic heterocycles. The first-order chi connectivity index (χ1) is 8.20. The van der Waals surface area contributed by atoms with E-state index in [0.29, 0.717) is 12.2 Å². The van der Waals surface area contributed by atoms with Gasteiger partial charge in [-0.05, 0) is 24.3 Å². The SMILES string of the molecule is CCc1ccc(CNc2cccc(Cl)c2F)o1. The second-order valence-corrected chi connectivity index (χ2v) is 4.08. The number of rotatable bonds is 4. The van der Waals surface area contributed by atoms with Crippen LogP contribution >= 0.6 is 11.6 Å². The van der Waals surface area contributed by atoms with E-state index in [-0.39, 0.29) is 5.02 Å². The van der Waals surface area contributed by atoms with Crippen LogP contribution in [0.4, 0.5) is 10.1 Å². The predicted molar refractivity (Wildman–Crippen MR) is 66.8 cm³/mol. The zero-order valence-corrected chi connectivity index (χ0v) is 10.2. The third kappa shape index (κ3) is 2.80. The van der Waals surface area contributed by atoms with Crippen molar-refractivity contribution in [2.24, 2.45) is 0 Å². The lowest BCUT2D eigenvalue weighted by Gasteiger charge is -2.06. The molecule has 0 saturated heterocycles. The van der Waals surface area contributed by atoms with Gasteiger partial charge in [0.15, 0.2) is 5.82 Å². The molecular formula is C13H13ClFNO. The van der Waals surface area contributed by atoms with Gasteiger partial charge in [-0.2, -0.15) is 0 Å². The summed E-state index contributed by atoms with van der Waals surface area (Å²) in [6.07, 6.45) is 0.853. The first-order valence-corrected chi connectivity index (χ1v) is 5.84. The van der Waals surface area contributed by atoms with E-state index >= 15 is 0 Å². The Kier molecular flexibility index (Phi) is 3.69. The minimum Gasteiger partial charge on any atom is -0.464 e. The average molecular weight is 254 g/mol. The molecule has 0 fully saturated rings. The van der Waals surface area contributed by atoms with Gasteiger partial charge in [-0.1, -0.05) is 24.6 Å². The number of anilines is 1. The molecule has 0 aliphatic heterocycles. The van der Waals surface area contributed by atoms with E-state index in [1.54, 1.807) is 12.1 Å². The molecule has 2 aromatic rings. The molecule has 4 heteroatoms. The second-order valence-electron chi connectivity index (χ2n) is 3.68. The standard InChI is InChI=1S/C13H13ClFNO/c1-2-9-6-7-10(17-9)8-16-12-5-3-4-11(14)13(12)15/h3-7,16H,2,8H2,1H3. The van der Waals surface area contributed by atoms with E-state index in [0.717, 1.165) is 17.9 Å². The third-order valence-corrected chi connectivity index (χ3v) is 2.76. The van der Waals surface area contributed by atoms with Gasteiger partial charge in [0.2, 0.25) is 0 Å². The topological polar surface area (TPSA) is 25.2 Å². The van der Waals surface area contributed by atoms with Gasteiger partial charge in [0.05, 0.1) is 17.3 Å². The molecule has 0 radical (unpaired) electrons. The van der Waals surface area contributed by atoms with Crippen LogP contribution in [0.15, 0.2) is 34.7 Å². The maximum atomic E-state index is 13.6. The highest BCUT2D eigenvalue weighted by Gasteiger charge is 2.06. The van der Waals surface area contributed by atoms with E-state index < -0.39 is 5.82 Å². The number of hydrogen-bond donors (Lipinski definition) is 1. The highest BCUT2D eigenvalue weighted by Crippen LogP contribution is 2.22. The molecule has 0 atom stereocenters. The summed E-state index contributed by atoms with van der Waals surface area (Å²) in [7, 11) is 0. The lowest BCUT2D eigenvalue weighted by Crippen LogP contribution is -2.00. The van der Waals surface area contributed by atoms with Gasteiger partial charge in [-0.15, -0.1) is 0 Å². The molecule has 0 saturated carbocycles. The Bertz CT molecular complexity index is 510. The van der Waals surface area contributed by atoms with E-state index in [2.05, 4.69) is 5.32 Å². The fourth-order valence-corrected chi connectivity index (χ4v) is 1.70. The Morgan fingerprint density at radius 1 is 1.24 bits per heavy atom. The van der Waals surface area contributed by atoms with Gasteiger partial charge in [0, 0.05) is 6.42 Å². The lowest BCUT2D eigenvalue weighted by molar-refractivity contribution is 0.475. The van der Waals surface area contributed by atoms with Crippen LogP contribution in [0, 0.1) is 5.82 Å². The van der Waals surface area contributed by atoms with E-state index in [1.807, 2.05) is 19.1 Å². The molecule has 0 unspecified atom stereocenters. The molecule has 0 bridgehead atoms. The third-order valence-electron chi connectivity index (χ3n) is 2.47. The van der Waals surface area contributed by atoms with Crippen molar-refractivity contribution in [2.45, 2.75) is 19.9 Å². The maximum Gasteiger partial charge on any atom is 0.164 e. The number of benzene rings is 1. The van der Waals surface area contributed by atoms with E-state index in [9.17, 15) is 4.39 Å². The zero-order chi connectivity index (χ0) is 12.3. The number of nitrogens with one attached hydrogen (secondary N) is 1. The molecular weight excluding hydrogens is 241 g/mol. The summed E-state index contributed by atoms with van der Waals surface area (Å²) < 4.78 is 19.1. The van der Waals surface area contributed by atoms with Gasteiger partial charge < -0.3 is 9.73 Å². The molecule has 0 amide bonds. The Morgan fingerprint density at radius 2 is 2.00 bits per heavy atom. The quantitative estimate of drug-likeness (QED) is 0.881. The van der Waals surface area contributed by atoms with E-state index in [1.165, 1.54) is 6.07 Å². The first-order valence-electron chi connectivity index (χ1n) is 5.46. The fourth-order valence-electron chi connectivity index (χ4n) is 1.53. The minimum absolute atomic E-state index is 0.115. The van der Waals surface area contributed by atoms with Crippen molar-refractivity contribution in [3.8, 4) is 0 Å². The molecule has 2 nitrogen and oxygen atoms in total. The second kappa shape index (κ2) is 5.23. The van der Waals surface area contributed by atoms with Crippen LogP contribution < -0.4 is 5.32 Å². The predicted octanol–water partition coefficient (Wildman–Crippen LogP) is 4.25. The number of halogens is 2. The van der Waals surface area contributed by atoms with Gasteiger partial charge >= 0.3 is 0 Å². The molecule has 0 spiro atoms. The lowest BCUT2D eigenvalue weighted by atomic mass is 10.3. The molecule has 17 heavy (non-hydrogen) atoms. The summed E-state index contributed by atoms with van der Waals surface area (Å²) in [5, 5.41) is 3.07. The largest absolute Gasteiger partial charge is 0.464 e. The van der Waals surface area contributed by atoms with Gasteiger partial charge in [0.1, 0.15) is 11.5 Å². The van der Waals surface area contributed by atoms with Gasteiger partial charge in [0.25, 0.3) is 0 Å². The average Bonchev–Trinajstić information content (AvgIpc) is 2.79. The summed E-state index contributed by atoms with van der Waals surface area (Å²) in [4.78, 5) is 0. The number of aryl methyl sites for hydroxylation is 1. The summed E-state index contributed by atoms with van der Waals surface area (Å²) in [5.74, 6) is 1.27. The molecule has 1 N–H and O–H groups in total. The molecule has 0 aliphatic rings. The van der Waals surface area contributed by atoms with Crippen molar-refractivity contribution >= 4 is 17.3 Å². The van der Waals surface area contributed by atoms with Crippen molar-refractivity contribution < 1.29 is 8.81 Å². The van der Waals surface area contributed by atoms with Gasteiger partial charge in [-0.25, -0.2) is 4.39 Å². The van der Waals surface area contributed by atoms with Crippen molar-refractivity contribution in [3.05, 3.63) is 52.7 Å². The Labute approximate surface area is 104 Å². The summed E-state index contributed by atoms with van der Waals surface area (Å²) in [6.45, 7) is 2.46. The Balaban J connectivity index is 2.04. The molecule has 90 valence electrons. The summed E-state index contributed by atoms with van der Waals surface area (Å²) >= 11 is 5.68. The fraction of sp³-hybridized carbons (Fsp3) is 0.231. The van der Waals surface area contributed by atoms with Crippen LogP contribution in [0.1, 0.15) is 18.4 Å². The first kappa shape index (κ1) is 12.0. The maximum absolute atomic E-state index is 13.6. The van der Waals surface area contributed by atoms with Crippen molar-refractivity contribution in [3.63, 3.8) is 0 Å². The van der Waals surface area contributed by atoms with Gasteiger partial charge in [-0.3, -0.25) is 0 Å². The van der Waals surface area contributed by atoms with Crippen LogP contribution in [0.3, 0.4) is 0 Å². The van der Waals surface area contributed by atoms with Crippen LogP contribution in [-0.2, 0) is 13.0 Å². The summed E-state index contributed by atoms with van der Waals surface area (Å²) in [6, 6.07) is 8.67. The molecule has 1 heterocycles. The summed E-state index contributed by atoms with van der Waals surface area (Å²) in [5.41, 5.74) is 0.381.